The van der Waals surface area contributed by atoms with E-state index in [2.05, 4.69) is 23.1 Å². The molecule has 0 saturated carbocycles. The van der Waals surface area contributed by atoms with Crippen LogP contribution in [-0.4, -0.2) is 26.6 Å². The fourth-order valence-corrected chi connectivity index (χ4v) is 5.29. The number of para-hydroxylation sites is 1. The Bertz CT molecular complexity index is 1100. The predicted molar refractivity (Wildman–Crippen MR) is 121 cm³/mol. The third-order valence-corrected chi connectivity index (χ3v) is 6.80. The zero-order valence-electron chi connectivity index (χ0n) is 17.0. The number of carbonyl (C=O) groups is 1. The largest absolute Gasteiger partial charge is 0.497 e. The van der Waals surface area contributed by atoms with Crippen molar-refractivity contribution in [3.63, 3.8) is 0 Å². The monoisotopic (exact) mass is 418 g/mol. The number of rotatable bonds is 3. The van der Waals surface area contributed by atoms with Crippen molar-refractivity contribution in [2.24, 2.45) is 0 Å². The predicted octanol–water partition coefficient (Wildman–Crippen LogP) is 5.21. The van der Waals surface area contributed by atoms with E-state index in [1.807, 2.05) is 66.5 Å². The van der Waals surface area contributed by atoms with E-state index < -0.39 is 5.41 Å². The van der Waals surface area contributed by atoms with E-state index in [1.54, 1.807) is 7.11 Å². The molecule has 0 N–H and O–H groups in total. The van der Waals surface area contributed by atoms with E-state index in [1.165, 1.54) is 0 Å². The fourth-order valence-electron chi connectivity index (χ4n) is 5.16. The Morgan fingerprint density at radius 2 is 1.70 bits per heavy atom. The molecule has 5 heteroatoms. The number of methoxy groups -OCH3 is 1. The topological polar surface area (TPSA) is 32.8 Å². The first kappa shape index (κ1) is 19.0. The second-order valence-electron chi connectivity index (χ2n) is 7.95. The number of likely N-dealkylation sites (N-methyl/N-ethyl adjacent to an activating group) is 1. The fraction of sp³-hybridized carbons (Fsp3) is 0.240. The number of anilines is 2. The summed E-state index contributed by atoms with van der Waals surface area (Å²) in [5.41, 5.74) is 3.64. The van der Waals surface area contributed by atoms with E-state index in [9.17, 15) is 4.79 Å². The molecule has 4 nitrogen and oxygen atoms in total. The minimum atomic E-state index is -0.626. The van der Waals surface area contributed by atoms with Gasteiger partial charge >= 0.3 is 0 Å². The van der Waals surface area contributed by atoms with Crippen molar-refractivity contribution in [2.45, 2.75) is 17.9 Å². The van der Waals surface area contributed by atoms with Crippen LogP contribution in [0.4, 0.5) is 11.4 Å². The van der Waals surface area contributed by atoms with Crippen LogP contribution in [0.25, 0.3) is 0 Å². The van der Waals surface area contributed by atoms with Gasteiger partial charge in [0.25, 0.3) is 0 Å². The van der Waals surface area contributed by atoms with Crippen molar-refractivity contribution in [3.8, 4) is 5.75 Å². The van der Waals surface area contributed by atoms with Gasteiger partial charge in [-0.3, -0.25) is 4.79 Å². The van der Waals surface area contributed by atoms with Crippen LogP contribution in [0.3, 0.4) is 0 Å². The van der Waals surface area contributed by atoms with Crippen LogP contribution in [0.15, 0.2) is 72.8 Å². The van der Waals surface area contributed by atoms with Gasteiger partial charge in [0.15, 0.2) is 0 Å². The maximum Gasteiger partial charge on any atom is 0.240 e. The normalized spacial score (nSPS) is 22.6. The van der Waals surface area contributed by atoms with Gasteiger partial charge in [0.1, 0.15) is 11.2 Å². The van der Waals surface area contributed by atoms with E-state index in [4.69, 9.17) is 16.3 Å². The van der Waals surface area contributed by atoms with E-state index in [-0.39, 0.29) is 11.9 Å². The molecule has 1 saturated heterocycles. The summed E-state index contributed by atoms with van der Waals surface area (Å²) < 4.78 is 5.33. The quantitative estimate of drug-likeness (QED) is 0.585. The molecule has 2 aliphatic rings. The minimum absolute atomic E-state index is 0.123. The third kappa shape index (κ3) is 2.63. The molecule has 2 atom stereocenters. The lowest BCUT2D eigenvalue weighted by Gasteiger charge is -2.36. The number of amides is 1. The second kappa shape index (κ2) is 7.06. The van der Waals surface area contributed by atoms with Crippen LogP contribution in [0, 0.1) is 0 Å². The molecule has 0 aromatic heterocycles. The second-order valence-corrected chi connectivity index (χ2v) is 8.38. The van der Waals surface area contributed by atoms with Gasteiger partial charge in [0.05, 0.1) is 13.2 Å². The standard InChI is InChI=1S/C25H23ClN2O2/c1-27-22-6-4-3-5-21(22)25(24(27)29)15-16-28(19-11-13-20(30-2)14-12-19)23(25)17-7-9-18(26)10-8-17/h3-14,23H,15-16H2,1-2H3/t23-,25-/m0/s1. The molecule has 1 amide bonds. The molecule has 1 spiro atoms. The number of carbonyl (C=O) groups excluding carboxylic acids is 1. The van der Waals surface area contributed by atoms with Crippen molar-refractivity contribution in [1.82, 2.24) is 0 Å². The van der Waals surface area contributed by atoms with Gasteiger partial charge in [-0.25, -0.2) is 0 Å². The molecule has 30 heavy (non-hydrogen) atoms. The number of fused-ring (bicyclic) bond motifs is 2. The number of halogens is 1. The Kier molecular flexibility index (Phi) is 4.48. The van der Waals surface area contributed by atoms with Crippen LogP contribution in [0.2, 0.25) is 5.02 Å². The van der Waals surface area contributed by atoms with Crippen molar-refractivity contribution < 1.29 is 9.53 Å². The summed E-state index contributed by atoms with van der Waals surface area (Å²) in [6.45, 7) is 0.785. The van der Waals surface area contributed by atoms with Crippen molar-refractivity contribution in [2.75, 3.05) is 30.5 Å². The molecule has 0 aliphatic carbocycles. The number of benzene rings is 3. The first-order chi connectivity index (χ1) is 14.6. The van der Waals surface area contributed by atoms with Crippen molar-refractivity contribution in [3.05, 3.63) is 88.9 Å². The van der Waals surface area contributed by atoms with Gasteiger partial charge in [0.2, 0.25) is 5.91 Å². The van der Waals surface area contributed by atoms with Crippen LogP contribution in [0.1, 0.15) is 23.6 Å². The van der Waals surface area contributed by atoms with Crippen LogP contribution >= 0.6 is 11.6 Å². The molecule has 0 unspecified atom stereocenters. The van der Waals surface area contributed by atoms with Crippen LogP contribution in [-0.2, 0) is 10.2 Å². The smallest absolute Gasteiger partial charge is 0.240 e. The van der Waals surface area contributed by atoms with E-state index in [0.717, 1.165) is 41.2 Å². The lowest BCUT2D eigenvalue weighted by molar-refractivity contribution is -0.123. The average molecular weight is 419 g/mol. The molecule has 5 rings (SSSR count). The highest BCUT2D eigenvalue weighted by atomic mass is 35.5. The van der Waals surface area contributed by atoms with Crippen molar-refractivity contribution in [1.29, 1.82) is 0 Å². The highest BCUT2D eigenvalue weighted by Crippen LogP contribution is 2.57. The summed E-state index contributed by atoms with van der Waals surface area (Å²) in [6, 6.07) is 24.0. The van der Waals surface area contributed by atoms with Gasteiger partial charge < -0.3 is 14.5 Å². The van der Waals surface area contributed by atoms with Gasteiger partial charge in [-0.05, 0) is 60.0 Å². The summed E-state index contributed by atoms with van der Waals surface area (Å²) in [5.74, 6) is 0.970. The Morgan fingerprint density at radius 3 is 2.40 bits per heavy atom. The summed E-state index contributed by atoms with van der Waals surface area (Å²) in [7, 11) is 3.55. The SMILES string of the molecule is COc1ccc(N2CC[C@@]3(C(=O)N(C)c4ccccc43)[C@@H]2c2ccc(Cl)cc2)cc1. The van der Waals surface area contributed by atoms with E-state index in [0.29, 0.717) is 5.02 Å². The van der Waals surface area contributed by atoms with Gasteiger partial charge in [-0.2, -0.15) is 0 Å². The summed E-state index contributed by atoms with van der Waals surface area (Å²) in [6.07, 6.45) is 0.756. The summed E-state index contributed by atoms with van der Waals surface area (Å²) in [4.78, 5) is 17.9. The number of hydrogen-bond donors (Lipinski definition) is 0. The Hall–Kier alpha value is -2.98. The first-order valence-corrected chi connectivity index (χ1v) is 10.5. The maximum atomic E-state index is 13.8. The third-order valence-electron chi connectivity index (χ3n) is 6.55. The Labute approximate surface area is 181 Å². The average Bonchev–Trinajstić information content (AvgIpc) is 3.28. The van der Waals surface area contributed by atoms with Crippen molar-refractivity contribution >= 4 is 28.9 Å². The molecule has 152 valence electrons. The molecule has 2 heterocycles. The highest BCUT2D eigenvalue weighted by Gasteiger charge is 2.60. The molecule has 3 aromatic rings. The lowest BCUT2D eigenvalue weighted by Crippen LogP contribution is -2.43. The number of ether oxygens (including phenoxy) is 1. The Morgan fingerprint density at radius 1 is 1.00 bits per heavy atom. The van der Waals surface area contributed by atoms with Gasteiger partial charge in [-0.15, -0.1) is 0 Å². The molecule has 0 radical (unpaired) electrons. The lowest BCUT2D eigenvalue weighted by atomic mass is 9.72. The Balaban J connectivity index is 1.70. The van der Waals surface area contributed by atoms with E-state index >= 15 is 0 Å². The maximum absolute atomic E-state index is 13.8. The molecule has 1 fully saturated rings. The summed E-state index contributed by atoms with van der Waals surface area (Å²) >= 11 is 6.19. The molecule has 2 aliphatic heterocycles. The highest BCUT2D eigenvalue weighted by molar-refractivity contribution is 6.30. The number of hydrogen-bond acceptors (Lipinski definition) is 3. The molecular weight excluding hydrogens is 396 g/mol. The zero-order chi connectivity index (χ0) is 20.9. The zero-order valence-corrected chi connectivity index (χ0v) is 17.8. The number of nitrogens with zero attached hydrogens (tertiary/aromatic N) is 2. The molecular formula is C25H23ClN2O2. The molecule has 3 aromatic carbocycles. The first-order valence-electron chi connectivity index (χ1n) is 10.1. The van der Waals surface area contributed by atoms with Gasteiger partial charge in [0, 0.05) is 30.0 Å². The minimum Gasteiger partial charge on any atom is -0.497 e. The van der Waals surface area contributed by atoms with Crippen LogP contribution < -0.4 is 14.5 Å². The summed E-state index contributed by atoms with van der Waals surface area (Å²) in [5, 5.41) is 0.692. The molecule has 0 bridgehead atoms. The van der Waals surface area contributed by atoms with Gasteiger partial charge in [-0.1, -0.05) is 41.9 Å². The van der Waals surface area contributed by atoms with Crippen LogP contribution in [0.5, 0.6) is 5.75 Å².